The molecule has 1 aliphatic rings. The molecule has 0 aliphatic carbocycles. The largest absolute Gasteiger partial charge is 0.540 e. The topological polar surface area (TPSA) is 62.8 Å². The highest BCUT2D eigenvalue weighted by Gasteiger charge is 2.16. The number of methoxy groups -OCH3 is 1. The van der Waals surface area contributed by atoms with Crippen LogP contribution in [-0.2, 0) is 0 Å². The lowest BCUT2D eigenvalue weighted by molar-refractivity contribution is 0.312. The van der Waals surface area contributed by atoms with Gasteiger partial charge in [-0.1, -0.05) is 17.7 Å². The molecule has 1 fully saturated rings. The van der Waals surface area contributed by atoms with Gasteiger partial charge in [0.15, 0.2) is 0 Å². The Labute approximate surface area is 196 Å². The highest BCUT2D eigenvalue weighted by molar-refractivity contribution is 6.33. The van der Waals surface area contributed by atoms with Crippen LogP contribution >= 0.6 is 11.6 Å². The third-order valence-electron chi connectivity index (χ3n) is 5.43. The highest BCUT2D eigenvalue weighted by atomic mass is 35.5. The summed E-state index contributed by atoms with van der Waals surface area (Å²) in [6.07, 6.45) is 3.56. The SMILES string of the molecule is COc1cc(N2CCN(C)CC2)ccc1Nc1ncc(-c2ccc(Cl)c(O[Si]C)c2)cn1. The number of nitrogens with one attached hydrogen (secondary N) is 1. The van der Waals surface area contributed by atoms with Crippen LogP contribution in [0.3, 0.4) is 0 Å². The van der Waals surface area contributed by atoms with Crippen LogP contribution in [0.2, 0.25) is 11.6 Å². The molecule has 2 radical (unpaired) electrons. The van der Waals surface area contributed by atoms with Gasteiger partial charge in [-0.05, 0) is 43.4 Å². The summed E-state index contributed by atoms with van der Waals surface area (Å²) in [6, 6.07) is 11.8. The Balaban J connectivity index is 1.49. The van der Waals surface area contributed by atoms with Crippen LogP contribution in [0.5, 0.6) is 11.5 Å². The maximum absolute atomic E-state index is 6.19. The monoisotopic (exact) mass is 467 g/mol. The van der Waals surface area contributed by atoms with Crippen molar-refractivity contribution in [3.05, 3.63) is 53.8 Å². The van der Waals surface area contributed by atoms with Crippen LogP contribution in [-0.4, -0.2) is 65.0 Å². The predicted octanol–water partition coefficient (Wildman–Crippen LogP) is 4.35. The summed E-state index contributed by atoms with van der Waals surface area (Å²) in [4.78, 5) is 13.7. The van der Waals surface area contributed by atoms with Gasteiger partial charge >= 0.3 is 9.76 Å². The molecular weight excluding hydrogens is 442 g/mol. The van der Waals surface area contributed by atoms with E-state index < -0.39 is 0 Å². The van der Waals surface area contributed by atoms with E-state index in [1.165, 1.54) is 0 Å². The molecule has 0 amide bonds. The molecule has 7 nitrogen and oxygen atoms in total. The van der Waals surface area contributed by atoms with E-state index in [1.807, 2.05) is 30.8 Å². The Morgan fingerprint density at radius 1 is 0.969 bits per heavy atom. The summed E-state index contributed by atoms with van der Waals surface area (Å²) < 4.78 is 11.2. The van der Waals surface area contributed by atoms with Gasteiger partial charge < -0.3 is 24.3 Å². The smallest absolute Gasteiger partial charge is 0.307 e. The Morgan fingerprint density at radius 3 is 2.41 bits per heavy atom. The molecule has 3 aromatic rings. The maximum Gasteiger partial charge on any atom is 0.307 e. The van der Waals surface area contributed by atoms with Crippen LogP contribution in [0.25, 0.3) is 11.1 Å². The van der Waals surface area contributed by atoms with Gasteiger partial charge in [0.25, 0.3) is 0 Å². The van der Waals surface area contributed by atoms with Crippen molar-refractivity contribution >= 4 is 38.7 Å². The van der Waals surface area contributed by atoms with Gasteiger partial charge in [0, 0.05) is 55.9 Å². The molecular formula is C23H26ClN5O2Si. The molecule has 1 aliphatic heterocycles. The van der Waals surface area contributed by atoms with E-state index in [0.29, 0.717) is 26.5 Å². The summed E-state index contributed by atoms with van der Waals surface area (Å²) in [5, 5.41) is 3.85. The molecule has 0 atom stereocenters. The van der Waals surface area contributed by atoms with E-state index in [-0.39, 0.29) is 0 Å². The summed E-state index contributed by atoms with van der Waals surface area (Å²) >= 11 is 6.19. The highest BCUT2D eigenvalue weighted by Crippen LogP contribution is 2.33. The van der Waals surface area contributed by atoms with Crippen molar-refractivity contribution in [1.82, 2.24) is 14.9 Å². The number of nitrogens with zero attached hydrogens (tertiary/aromatic N) is 4. The lowest BCUT2D eigenvalue weighted by Crippen LogP contribution is -2.44. The summed E-state index contributed by atoms with van der Waals surface area (Å²) in [6.45, 7) is 6.09. The molecule has 1 aromatic heterocycles. The summed E-state index contributed by atoms with van der Waals surface area (Å²) in [7, 11) is 4.15. The number of rotatable bonds is 7. The molecule has 2 heterocycles. The van der Waals surface area contributed by atoms with Gasteiger partial charge in [-0.25, -0.2) is 9.97 Å². The second kappa shape index (κ2) is 10.2. The Kier molecular flexibility index (Phi) is 7.14. The Morgan fingerprint density at radius 2 is 1.72 bits per heavy atom. The van der Waals surface area contributed by atoms with Gasteiger partial charge in [-0.15, -0.1) is 0 Å². The molecule has 2 aromatic carbocycles. The molecule has 0 unspecified atom stereocenters. The molecule has 32 heavy (non-hydrogen) atoms. The van der Waals surface area contributed by atoms with Crippen molar-refractivity contribution in [3.63, 3.8) is 0 Å². The first-order valence-electron chi connectivity index (χ1n) is 10.4. The number of piperazine rings is 1. The third kappa shape index (κ3) is 5.15. The standard InChI is InChI=1S/C23H26ClN5O2Si/c1-28-8-10-29(11-9-28)18-5-7-20(22(13-18)30-2)27-23-25-14-17(15-26-23)16-4-6-19(24)21(12-16)31-32-3/h4-7,12-15H,8-11H2,1-3H3,(H,25,26,27). The minimum atomic E-state index is 0.322. The van der Waals surface area contributed by atoms with Gasteiger partial charge in [0.1, 0.15) is 11.5 Å². The van der Waals surface area contributed by atoms with Crippen LogP contribution in [0.15, 0.2) is 48.8 Å². The number of likely N-dealkylation sites (N-methyl/N-ethyl adjacent to an activating group) is 1. The Bertz CT molecular complexity index is 1060. The van der Waals surface area contributed by atoms with Crippen LogP contribution in [0.1, 0.15) is 0 Å². The van der Waals surface area contributed by atoms with Crippen molar-refractivity contribution in [2.45, 2.75) is 6.55 Å². The van der Waals surface area contributed by atoms with E-state index in [0.717, 1.165) is 54.4 Å². The van der Waals surface area contributed by atoms with Gasteiger partial charge in [0.2, 0.25) is 5.95 Å². The third-order valence-corrected chi connectivity index (χ3v) is 6.16. The van der Waals surface area contributed by atoms with Gasteiger partial charge in [-0.2, -0.15) is 0 Å². The second-order valence-corrected chi connectivity index (χ2v) is 8.57. The first kappa shape index (κ1) is 22.4. The number of hydrogen-bond acceptors (Lipinski definition) is 7. The lowest BCUT2D eigenvalue weighted by atomic mass is 10.1. The molecule has 9 heteroatoms. The summed E-state index contributed by atoms with van der Waals surface area (Å²) in [5.41, 5.74) is 3.81. The number of ether oxygens (including phenoxy) is 1. The summed E-state index contributed by atoms with van der Waals surface area (Å²) in [5.74, 6) is 1.92. The fourth-order valence-electron chi connectivity index (χ4n) is 3.58. The van der Waals surface area contributed by atoms with E-state index in [9.17, 15) is 0 Å². The van der Waals surface area contributed by atoms with Crippen LogP contribution in [0, 0.1) is 0 Å². The number of benzene rings is 2. The van der Waals surface area contributed by atoms with Crippen molar-refractivity contribution in [3.8, 4) is 22.6 Å². The van der Waals surface area contributed by atoms with Crippen molar-refractivity contribution < 1.29 is 9.16 Å². The van der Waals surface area contributed by atoms with Crippen molar-refractivity contribution in [2.75, 3.05) is 50.6 Å². The average Bonchev–Trinajstić information content (AvgIpc) is 2.82. The number of aromatic nitrogens is 2. The lowest BCUT2D eigenvalue weighted by Gasteiger charge is -2.34. The fourth-order valence-corrected chi connectivity index (χ4v) is 4.19. The minimum absolute atomic E-state index is 0.322. The van der Waals surface area contributed by atoms with Crippen LogP contribution < -0.4 is 19.4 Å². The average molecular weight is 468 g/mol. The fraction of sp³-hybridized carbons (Fsp3) is 0.304. The first-order chi connectivity index (χ1) is 15.6. The van der Waals surface area contributed by atoms with E-state index in [2.05, 4.69) is 44.3 Å². The van der Waals surface area contributed by atoms with Crippen molar-refractivity contribution in [1.29, 1.82) is 0 Å². The van der Waals surface area contributed by atoms with E-state index >= 15 is 0 Å². The van der Waals surface area contributed by atoms with Crippen LogP contribution in [0.4, 0.5) is 17.3 Å². The zero-order chi connectivity index (χ0) is 22.5. The number of anilines is 3. The zero-order valence-electron chi connectivity index (χ0n) is 18.4. The maximum atomic E-state index is 6.19. The number of hydrogen-bond donors (Lipinski definition) is 1. The van der Waals surface area contributed by atoms with Crippen molar-refractivity contribution in [2.24, 2.45) is 0 Å². The molecule has 0 saturated carbocycles. The Hall–Kier alpha value is -2.81. The normalized spacial score (nSPS) is 14.3. The molecule has 0 spiro atoms. The molecule has 1 saturated heterocycles. The van der Waals surface area contributed by atoms with E-state index in [4.69, 9.17) is 20.8 Å². The zero-order valence-corrected chi connectivity index (χ0v) is 20.2. The van der Waals surface area contributed by atoms with E-state index in [1.54, 1.807) is 19.5 Å². The molecule has 0 bridgehead atoms. The molecule has 1 N–H and O–H groups in total. The molecule has 4 rings (SSSR count). The predicted molar refractivity (Wildman–Crippen MR) is 131 cm³/mol. The second-order valence-electron chi connectivity index (χ2n) is 7.55. The number of halogens is 1. The van der Waals surface area contributed by atoms with Gasteiger partial charge in [-0.3, -0.25) is 0 Å². The first-order valence-corrected chi connectivity index (χ1v) is 12.2. The quantitative estimate of drug-likeness (QED) is 0.518. The minimum Gasteiger partial charge on any atom is -0.540 e. The van der Waals surface area contributed by atoms with Gasteiger partial charge in [0.05, 0.1) is 17.8 Å². The molecule has 166 valence electrons.